The van der Waals surface area contributed by atoms with Gasteiger partial charge in [-0.2, -0.15) is 52.6 Å². The molecule has 0 spiro atoms. The van der Waals surface area contributed by atoms with E-state index < -0.39 is 0 Å². The maximum absolute atomic E-state index is 2.25. The van der Waals surface area contributed by atoms with Crippen molar-refractivity contribution in [1.29, 1.82) is 0 Å². The molecule has 120 valence electrons. The first kappa shape index (κ1) is 19.8. The summed E-state index contributed by atoms with van der Waals surface area (Å²) in [5.74, 6) is 0. The summed E-state index contributed by atoms with van der Waals surface area (Å²) >= 11 is 0. The van der Waals surface area contributed by atoms with Crippen LogP contribution >= 0.6 is 0 Å². The smallest absolute Gasteiger partial charge is 0 e. The molecule has 3 rings (SSSR count). The molecule has 0 saturated heterocycles. The third-order valence-electron chi connectivity index (χ3n) is 3.86. The van der Waals surface area contributed by atoms with Crippen molar-refractivity contribution in [2.75, 3.05) is 0 Å². The van der Waals surface area contributed by atoms with Gasteiger partial charge < -0.3 is 0 Å². The van der Waals surface area contributed by atoms with Crippen LogP contribution in [-0.4, -0.2) is 0 Å². The van der Waals surface area contributed by atoms with E-state index in [1.807, 2.05) is 6.07 Å². The quantitative estimate of drug-likeness (QED) is 0.287. The summed E-state index contributed by atoms with van der Waals surface area (Å²) in [6.45, 7) is 11.0. The van der Waals surface area contributed by atoms with Crippen LogP contribution in [0.5, 0.6) is 0 Å². The third-order valence-corrected chi connectivity index (χ3v) is 3.86. The van der Waals surface area contributed by atoms with Gasteiger partial charge in [-0.05, 0) is 0 Å². The van der Waals surface area contributed by atoms with Crippen molar-refractivity contribution in [2.24, 2.45) is 0 Å². The van der Waals surface area contributed by atoms with Crippen molar-refractivity contribution < 1.29 is 25.8 Å². The molecular formula is C22H26Hf-2. The van der Waals surface area contributed by atoms with Crippen LogP contribution in [0.4, 0.5) is 0 Å². The SMILES string of the molecule is Cc1c[cH-]cc1C(C)(C)C.Cc1cc(-c2ccccc2)c[cH-]1.[Hf]. The van der Waals surface area contributed by atoms with E-state index in [1.165, 1.54) is 27.8 Å². The zero-order chi connectivity index (χ0) is 16.2. The Balaban J connectivity index is 0.000000224. The summed E-state index contributed by atoms with van der Waals surface area (Å²) in [4.78, 5) is 0. The van der Waals surface area contributed by atoms with Crippen molar-refractivity contribution in [3.05, 3.63) is 83.4 Å². The maximum atomic E-state index is 2.25. The molecule has 3 aromatic rings. The van der Waals surface area contributed by atoms with Crippen LogP contribution < -0.4 is 0 Å². The van der Waals surface area contributed by atoms with E-state index in [0.717, 1.165) is 0 Å². The Morgan fingerprint density at radius 2 is 1.48 bits per heavy atom. The molecular weight excluding hydrogens is 443 g/mol. The average molecular weight is 469 g/mol. The first-order valence-electron chi connectivity index (χ1n) is 7.89. The van der Waals surface area contributed by atoms with Crippen LogP contribution in [0.3, 0.4) is 0 Å². The van der Waals surface area contributed by atoms with Gasteiger partial charge in [0.2, 0.25) is 0 Å². The summed E-state index contributed by atoms with van der Waals surface area (Å²) in [6.07, 6.45) is 0. The fourth-order valence-corrected chi connectivity index (χ4v) is 2.72. The molecule has 0 unspecified atom stereocenters. The fourth-order valence-electron chi connectivity index (χ4n) is 2.72. The van der Waals surface area contributed by atoms with Crippen LogP contribution in [0.25, 0.3) is 11.1 Å². The van der Waals surface area contributed by atoms with E-state index in [4.69, 9.17) is 0 Å². The van der Waals surface area contributed by atoms with Crippen LogP contribution in [0.2, 0.25) is 0 Å². The van der Waals surface area contributed by atoms with Crippen molar-refractivity contribution in [1.82, 2.24) is 0 Å². The molecule has 0 aliphatic carbocycles. The molecule has 0 nitrogen and oxygen atoms in total. The van der Waals surface area contributed by atoms with Gasteiger partial charge in [0.05, 0.1) is 0 Å². The first-order valence-corrected chi connectivity index (χ1v) is 7.89. The monoisotopic (exact) mass is 470 g/mol. The van der Waals surface area contributed by atoms with Gasteiger partial charge in [0.15, 0.2) is 0 Å². The van der Waals surface area contributed by atoms with E-state index in [9.17, 15) is 0 Å². The van der Waals surface area contributed by atoms with Gasteiger partial charge in [-0.1, -0.05) is 75.9 Å². The molecule has 0 heterocycles. The zero-order valence-corrected chi connectivity index (χ0v) is 18.4. The molecule has 3 aromatic carbocycles. The number of aryl methyl sites for hydroxylation is 2. The molecule has 1 heteroatoms. The summed E-state index contributed by atoms with van der Waals surface area (Å²) < 4.78 is 0. The molecule has 23 heavy (non-hydrogen) atoms. The van der Waals surface area contributed by atoms with Gasteiger partial charge in [-0.25, -0.2) is 6.07 Å². The minimum Gasteiger partial charge on any atom is -0.203 e. The van der Waals surface area contributed by atoms with Crippen LogP contribution in [0, 0.1) is 13.8 Å². The number of hydrogen-bond acceptors (Lipinski definition) is 0. The molecule has 0 radical (unpaired) electrons. The molecule has 0 fully saturated rings. The molecule has 0 amide bonds. The van der Waals surface area contributed by atoms with Crippen LogP contribution in [-0.2, 0) is 31.3 Å². The first-order chi connectivity index (χ1) is 10.4. The van der Waals surface area contributed by atoms with Gasteiger partial charge in [0.1, 0.15) is 0 Å². The maximum Gasteiger partial charge on any atom is 0 e. The number of benzene rings is 1. The van der Waals surface area contributed by atoms with Crippen LogP contribution in [0.15, 0.2) is 66.7 Å². The Morgan fingerprint density at radius 3 is 1.87 bits per heavy atom. The molecule has 0 aromatic heterocycles. The minimum absolute atomic E-state index is 0. The van der Waals surface area contributed by atoms with E-state index >= 15 is 0 Å². The fraction of sp³-hybridized carbons (Fsp3) is 0.273. The normalized spacial score (nSPS) is 10.5. The van der Waals surface area contributed by atoms with E-state index in [2.05, 4.69) is 95.3 Å². The minimum atomic E-state index is 0. The largest absolute Gasteiger partial charge is 0.203 e. The zero-order valence-electron chi connectivity index (χ0n) is 14.9. The van der Waals surface area contributed by atoms with E-state index in [0.29, 0.717) is 5.41 Å². The number of hydrogen-bond donors (Lipinski definition) is 0. The Bertz CT molecular complexity index is 693. The van der Waals surface area contributed by atoms with Crippen molar-refractivity contribution in [2.45, 2.75) is 40.0 Å². The molecule has 0 saturated carbocycles. The second kappa shape index (κ2) is 8.59. The van der Waals surface area contributed by atoms with Gasteiger partial charge >= 0.3 is 0 Å². The van der Waals surface area contributed by atoms with Crippen LogP contribution in [0.1, 0.15) is 37.5 Å². The van der Waals surface area contributed by atoms with Crippen molar-refractivity contribution in [3.8, 4) is 11.1 Å². The van der Waals surface area contributed by atoms with Crippen molar-refractivity contribution >= 4 is 0 Å². The van der Waals surface area contributed by atoms with E-state index in [1.54, 1.807) is 0 Å². The predicted octanol–water partition coefficient (Wildman–Crippen LogP) is 6.39. The second-order valence-corrected chi connectivity index (χ2v) is 6.92. The standard InChI is InChI=1S/C12H11.C10H15.Hf/c1-10-7-8-12(9-10)11-5-3-2-4-6-11;1-8-6-5-7-9(8)10(2,3)4;/h2-9H,1H3;5-7H,1-4H3;/q2*-1;. The Hall–Kier alpha value is -1.21. The summed E-state index contributed by atoms with van der Waals surface area (Å²) in [5.41, 5.74) is 7.13. The van der Waals surface area contributed by atoms with Gasteiger partial charge in [0, 0.05) is 25.8 Å². The number of rotatable bonds is 1. The molecule has 0 atom stereocenters. The van der Waals surface area contributed by atoms with Crippen molar-refractivity contribution in [3.63, 3.8) is 0 Å². The summed E-state index contributed by atoms with van der Waals surface area (Å²) in [6, 6.07) is 23.4. The van der Waals surface area contributed by atoms with E-state index in [-0.39, 0.29) is 25.8 Å². The summed E-state index contributed by atoms with van der Waals surface area (Å²) in [7, 11) is 0. The second-order valence-electron chi connectivity index (χ2n) is 6.92. The summed E-state index contributed by atoms with van der Waals surface area (Å²) in [5, 5.41) is 0. The average Bonchev–Trinajstić information content (AvgIpc) is 3.08. The predicted molar refractivity (Wildman–Crippen MR) is 97.7 cm³/mol. The Labute approximate surface area is 160 Å². The topological polar surface area (TPSA) is 0 Å². The Kier molecular flexibility index (Phi) is 7.41. The van der Waals surface area contributed by atoms with Gasteiger partial charge in [-0.15, -0.1) is 0 Å². The molecule has 0 aliphatic rings. The molecule has 0 N–H and O–H groups in total. The Morgan fingerprint density at radius 1 is 0.826 bits per heavy atom. The van der Waals surface area contributed by atoms with Gasteiger partial charge in [0.25, 0.3) is 0 Å². The third kappa shape index (κ3) is 5.73. The molecule has 0 aliphatic heterocycles. The molecule has 0 bridgehead atoms. The van der Waals surface area contributed by atoms with Gasteiger partial charge in [-0.3, -0.25) is 0 Å².